The van der Waals surface area contributed by atoms with Crippen LogP contribution in [0.2, 0.25) is 0 Å². The molecule has 0 radical (unpaired) electrons. The lowest BCUT2D eigenvalue weighted by molar-refractivity contribution is -0.147. The van der Waals surface area contributed by atoms with Crippen LogP contribution in [0, 0.1) is 11.8 Å². The van der Waals surface area contributed by atoms with Gasteiger partial charge in [0.05, 0.1) is 19.4 Å². The van der Waals surface area contributed by atoms with Crippen molar-refractivity contribution in [3.05, 3.63) is 34.9 Å². The second-order valence-electron chi connectivity index (χ2n) is 7.11. The number of hydrogen-bond donors (Lipinski definition) is 1. The van der Waals surface area contributed by atoms with E-state index >= 15 is 0 Å². The van der Waals surface area contributed by atoms with Crippen LogP contribution < -0.4 is 5.73 Å². The molecule has 0 aromatic rings. The van der Waals surface area contributed by atoms with Crippen LogP contribution in [0.1, 0.15) is 40.0 Å². The van der Waals surface area contributed by atoms with Gasteiger partial charge in [0, 0.05) is 31.3 Å². The number of nitrogens with zero attached hydrogens (tertiary/aromatic N) is 1. The van der Waals surface area contributed by atoms with Crippen molar-refractivity contribution in [3.63, 3.8) is 0 Å². The van der Waals surface area contributed by atoms with Crippen LogP contribution in [0.25, 0.3) is 0 Å². The second-order valence-corrected chi connectivity index (χ2v) is 7.11. The van der Waals surface area contributed by atoms with E-state index in [9.17, 15) is 9.59 Å². The first-order valence-corrected chi connectivity index (χ1v) is 9.29. The molecular weight excluding hydrogens is 332 g/mol. The number of hydrogen-bond acceptors (Lipinski definition) is 6. The summed E-state index contributed by atoms with van der Waals surface area (Å²) in [6, 6.07) is 0. The van der Waals surface area contributed by atoms with Gasteiger partial charge in [-0.1, -0.05) is 33.3 Å². The van der Waals surface area contributed by atoms with Gasteiger partial charge in [0.25, 0.3) is 0 Å². The maximum absolute atomic E-state index is 12.4. The highest BCUT2D eigenvalue weighted by atomic mass is 16.5. The molecule has 0 aromatic heterocycles. The molecule has 1 heterocycles. The molecule has 2 N–H and O–H groups in total. The fourth-order valence-electron chi connectivity index (χ4n) is 3.22. The van der Waals surface area contributed by atoms with Crippen LogP contribution in [0.15, 0.2) is 34.9 Å². The molecule has 2 rings (SSSR count). The number of esters is 1. The van der Waals surface area contributed by atoms with E-state index in [0.717, 1.165) is 36.2 Å². The van der Waals surface area contributed by atoms with Crippen molar-refractivity contribution in [1.29, 1.82) is 0 Å². The molecule has 144 valence electrons. The molecule has 0 aromatic carbocycles. The van der Waals surface area contributed by atoms with Crippen molar-refractivity contribution >= 4 is 11.8 Å². The van der Waals surface area contributed by atoms with E-state index in [0.29, 0.717) is 24.8 Å². The standard InChI is InChI=1S/C20H30N2O4/c1-5-6-7-26-19-15-9-16(20(24)25-4)18(23)8-14(15)12-22(11-13(2)3)17(19)10-21/h9,12-13,16H,5-8,10-11,21H2,1-4H3. The molecule has 1 atom stereocenters. The van der Waals surface area contributed by atoms with Gasteiger partial charge in [0.15, 0.2) is 5.78 Å². The van der Waals surface area contributed by atoms with E-state index in [1.54, 1.807) is 6.08 Å². The normalized spacial score (nSPS) is 20.0. The molecule has 0 saturated carbocycles. The molecule has 6 nitrogen and oxygen atoms in total. The highest BCUT2D eigenvalue weighted by molar-refractivity contribution is 6.04. The summed E-state index contributed by atoms with van der Waals surface area (Å²) in [5, 5.41) is 0. The smallest absolute Gasteiger partial charge is 0.320 e. The first-order valence-electron chi connectivity index (χ1n) is 9.29. The number of methoxy groups -OCH3 is 1. The summed E-state index contributed by atoms with van der Waals surface area (Å²) in [6.07, 6.45) is 5.79. The molecule has 0 spiro atoms. The van der Waals surface area contributed by atoms with Gasteiger partial charge in [-0.15, -0.1) is 0 Å². The minimum absolute atomic E-state index is 0.152. The average molecular weight is 362 g/mol. The summed E-state index contributed by atoms with van der Waals surface area (Å²) < 4.78 is 10.9. The van der Waals surface area contributed by atoms with E-state index in [2.05, 4.69) is 25.7 Å². The van der Waals surface area contributed by atoms with Crippen molar-refractivity contribution in [2.75, 3.05) is 26.8 Å². The van der Waals surface area contributed by atoms with Gasteiger partial charge in [0.1, 0.15) is 11.7 Å². The first-order chi connectivity index (χ1) is 12.4. The van der Waals surface area contributed by atoms with E-state index < -0.39 is 11.9 Å². The van der Waals surface area contributed by atoms with E-state index in [-0.39, 0.29) is 12.2 Å². The summed E-state index contributed by atoms with van der Waals surface area (Å²) in [5.41, 5.74) is 8.61. The number of fused-ring (bicyclic) bond motifs is 1. The van der Waals surface area contributed by atoms with Crippen molar-refractivity contribution < 1.29 is 19.1 Å². The molecule has 2 aliphatic rings. The molecule has 0 amide bonds. The highest BCUT2D eigenvalue weighted by Gasteiger charge is 2.36. The first kappa shape index (κ1) is 20.2. The molecule has 6 heteroatoms. The van der Waals surface area contributed by atoms with Crippen LogP contribution in [0.4, 0.5) is 0 Å². The fraction of sp³-hybridized carbons (Fsp3) is 0.600. The van der Waals surface area contributed by atoms with Crippen molar-refractivity contribution in [2.45, 2.75) is 40.0 Å². The Bertz CT molecular complexity index is 646. The lowest BCUT2D eigenvalue weighted by atomic mass is 9.83. The maximum atomic E-state index is 12.4. The SMILES string of the molecule is CCCCOC1=C(CN)N(CC(C)C)C=C2CC(=O)C(C(=O)OC)C=C21. The second kappa shape index (κ2) is 9.03. The third-order valence-corrected chi connectivity index (χ3v) is 4.51. The highest BCUT2D eigenvalue weighted by Crippen LogP contribution is 2.38. The van der Waals surface area contributed by atoms with Crippen LogP contribution in [0.5, 0.6) is 0 Å². The molecular formula is C20H30N2O4. The van der Waals surface area contributed by atoms with Gasteiger partial charge in [-0.2, -0.15) is 0 Å². The van der Waals surface area contributed by atoms with Gasteiger partial charge in [-0.25, -0.2) is 0 Å². The minimum Gasteiger partial charge on any atom is -0.491 e. The summed E-state index contributed by atoms with van der Waals surface area (Å²) in [4.78, 5) is 26.5. The van der Waals surface area contributed by atoms with Crippen molar-refractivity contribution in [2.24, 2.45) is 17.6 Å². The molecule has 1 unspecified atom stereocenters. The summed E-state index contributed by atoms with van der Waals surface area (Å²) in [5.74, 6) is -0.445. The number of carbonyl (C=O) groups excluding carboxylic acids is 2. The Balaban J connectivity index is 2.47. The molecule has 0 saturated heterocycles. The Hall–Kier alpha value is -2.08. The molecule has 1 aliphatic carbocycles. The number of carbonyl (C=O) groups is 2. The zero-order valence-electron chi connectivity index (χ0n) is 16.2. The topological polar surface area (TPSA) is 81.9 Å². The van der Waals surface area contributed by atoms with Crippen LogP contribution in [-0.4, -0.2) is 43.5 Å². The number of unbranched alkanes of at least 4 members (excludes halogenated alkanes) is 1. The third-order valence-electron chi connectivity index (χ3n) is 4.51. The van der Waals surface area contributed by atoms with Gasteiger partial charge < -0.3 is 20.1 Å². The lowest BCUT2D eigenvalue weighted by Crippen LogP contribution is -2.35. The zero-order chi connectivity index (χ0) is 19.3. The molecule has 1 aliphatic heterocycles. The monoisotopic (exact) mass is 362 g/mol. The molecule has 0 bridgehead atoms. The Kier molecular flexibility index (Phi) is 7.03. The Labute approximate surface area is 155 Å². The Morgan fingerprint density at radius 3 is 2.73 bits per heavy atom. The lowest BCUT2D eigenvalue weighted by Gasteiger charge is -2.35. The number of Topliss-reactive ketones (excluding diaryl/α,β-unsaturated/α-hetero) is 1. The van der Waals surface area contributed by atoms with E-state index in [1.165, 1.54) is 7.11 Å². The third kappa shape index (κ3) is 4.36. The van der Waals surface area contributed by atoms with Crippen LogP contribution >= 0.6 is 0 Å². The summed E-state index contributed by atoms with van der Waals surface area (Å²) >= 11 is 0. The quantitative estimate of drug-likeness (QED) is 0.406. The maximum Gasteiger partial charge on any atom is 0.320 e. The Morgan fingerprint density at radius 2 is 2.15 bits per heavy atom. The van der Waals surface area contributed by atoms with Gasteiger partial charge in [-0.05, 0) is 17.9 Å². The van der Waals surface area contributed by atoms with Crippen LogP contribution in [0.3, 0.4) is 0 Å². The number of ketones is 1. The van der Waals surface area contributed by atoms with Gasteiger partial charge in [0.2, 0.25) is 0 Å². The largest absolute Gasteiger partial charge is 0.491 e. The number of ether oxygens (including phenoxy) is 2. The van der Waals surface area contributed by atoms with E-state index in [4.69, 9.17) is 15.2 Å². The number of allylic oxidation sites excluding steroid dienone is 1. The van der Waals surface area contributed by atoms with Crippen molar-refractivity contribution in [1.82, 2.24) is 4.90 Å². The van der Waals surface area contributed by atoms with Crippen LogP contribution in [-0.2, 0) is 19.1 Å². The minimum atomic E-state index is -0.882. The van der Waals surface area contributed by atoms with Gasteiger partial charge >= 0.3 is 5.97 Å². The van der Waals surface area contributed by atoms with E-state index in [1.807, 2.05) is 6.20 Å². The fourth-order valence-corrected chi connectivity index (χ4v) is 3.22. The zero-order valence-corrected chi connectivity index (χ0v) is 16.2. The summed E-state index contributed by atoms with van der Waals surface area (Å²) in [7, 11) is 1.30. The van der Waals surface area contributed by atoms with Crippen molar-refractivity contribution in [3.8, 4) is 0 Å². The Morgan fingerprint density at radius 1 is 1.42 bits per heavy atom. The molecule has 0 fully saturated rings. The van der Waals surface area contributed by atoms with Gasteiger partial charge in [-0.3, -0.25) is 9.59 Å². The number of rotatable bonds is 8. The molecule has 26 heavy (non-hydrogen) atoms. The average Bonchev–Trinajstić information content (AvgIpc) is 2.60. The summed E-state index contributed by atoms with van der Waals surface area (Å²) in [6.45, 7) is 8.06. The predicted molar refractivity (Wildman–Crippen MR) is 99.8 cm³/mol. The number of nitrogens with two attached hydrogens (primary N) is 1. The predicted octanol–water partition coefficient (Wildman–Crippen LogP) is 2.52.